The number of carboxylic acids is 1. The minimum atomic E-state index is -1.06. The molecule has 0 spiro atoms. The SMILES string of the molecule is CCOc1ccccc1-c1ncc(C(=O)O)c(NC(C)C)n1. The van der Waals surface area contributed by atoms with Crippen LogP contribution < -0.4 is 10.1 Å². The van der Waals surface area contributed by atoms with Gasteiger partial charge in [-0.3, -0.25) is 0 Å². The Kier molecular flexibility index (Phi) is 4.93. The van der Waals surface area contributed by atoms with Gasteiger partial charge in [-0.15, -0.1) is 0 Å². The molecule has 0 aliphatic carbocycles. The number of rotatable bonds is 6. The van der Waals surface area contributed by atoms with E-state index < -0.39 is 5.97 Å². The molecule has 0 unspecified atom stereocenters. The Labute approximate surface area is 129 Å². The first kappa shape index (κ1) is 15.8. The van der Waals surface area contributed by atoms with Crippen molar-refractivity contribution in [2.75, 3.05) is 11.9 Å². The lowest BCUT2D eigenvalue weighted by atomic mass is 10.1. The van der Waals surface area contributed by atoms with Crippen molar-refractivity contribution in [3.63, 3.8) is 0 Å². The lowest BCUT2D eigenvalue weighted by molar-refractivity contribution is 0.0697. The highest BCUT2D eigenvalue weighted by Gasteiger charge is 2.16. The van der Waals surface area contributed by atoms with Crippen molar-refractivity contribution in [3.05, 3.63) is 36.0 Å². The summed E-state index contributed by atoms with van der Waals surface area (Å²) >= 11 is 0. The molecule has 0 bridgehead atoms. The zero-order valence-corrected chi connectivity index (χ0v) is 12.8. The van der Waals surface area contributed by atoms with Crippen LogP contribution in [0.25, 0.3) is 11.4 Å². The van der Waals surface area contributed by atoms with E-state index in [-0.39, 0.29) is 11.6 Å². The number of aromatic nitrogens is 2. The number of carbonyl (C=O) groups is 1. The number of benzene rings is 1. The molecule has 22 heavy (non-hydrogen) atoms. The third-order valence-corrected chi connectivity index (χ3v) is 2.87. The quantitative estimate of drug-likeness (QED) is 0.853. The van der Waals surface area contributed by atoms with Crippen molar-refractivity contribution in [1.82, 2.24) is 9.97 Å². The first-order valence-corrected chi connectivity index (χ1v) is 7.12. The monoisotopic (exact) mass is 301 g/mol. The lowest BCUT2D eigenvalue weighted by Gasteiger charge is -2.14. The minimum absolute atomic E-state index is 0.0475. The summed E-state index contributed by atoms with van der Waals surface area (Å²) in [4.78, 5) is 19.8. The molecule has 1 aromatic heterocycles. The fourth-order valence-corrected chi connectivity index (χ4v) is 1.98. The Morgan fingerprint density at radius 1 is 1.36 bits per heavy atom. The van der Waals surface area contributed by atoms with Crippen molar-refractivity contribution in [3.8, 4) is 17.1 Å². The van der Waals surface area contributed by atoms with Crippen molar-refractivity contribution in [2.45, 2.75) is 26.8 Å². The van der Waals surface area contributed by atoms with E-state index in [0.29, 0.717) is 24.0 Å². The predicted molar refractivity (Wildman–Crippen MR) is 84.4 cm³/mol. The smallest absolute Gasteiger partial charge is 0.341 e. The predicted octanol–water partition coefficient (Wildman–Crippen LogP) is 3.06. The molecule has 0 saturated heterocycles. The third-order valence-electron chi connectivity index (χ3n) is 2.87. The maximum atomic E-state index is 11.3. The zero-order valence-electron chi connectivity index (χ0n) is 12.8. The molecule has 0 saturated carbocycles. The summed E-state index contributed by atoms with van der Waals surface area (Å²) in [5, 5.41) is 12.3. The third kappa shape index (κ3) is 3.52. The molecule has 2 rings (SSSR count). The number of nitrogens with one attached hydrogen (secondary N) is 1. The Balaban J connectivity index is 2.51. The molecule has 0 atom stereocenters. The van der Waals surface area contributed by atoms with Crippen LogP contribution in [0, 0.1) is 0 Å². The molecule has 1 heterocycles. The number of hydrogen-bond acceptors (Lipinski definition) is 5. The van der Waals surface area contributed by atoms with Crippen LogP contribution in [0.5, 0.6) is 5.75 Å². The molecule has 2 N–H and O–H groups in total. The number of aromatic carboxylic acids is 1. The minimum Gasteiger partial charge on any atom is -0.493 e. The highest BCUT2D eigenvalue weighted by molar-refractivity contribution is 5.93. The maximum Gasteiger partial charge on any atom is 0.341 e. The number of ether oxygens (including phenoxy) is 1. The van der Waals surface area contributed by atoms with E-state index in [2.05, 4.69) is 15.3 Å². The van der Waals surface area contributed by atoms with Gasteiger partial charge in [-0.2, -0.15) is 0 Å². The first-order valence-electron chi connectivity index (χ1n) is 7.12. The van der Waals surface area contributed by atoms with Crippen LogP contribution in [0.2, 0.25) is 0 Å². The summed E-state index contributed by atoms with van der Waals surface area (Å²) in [7, 11) is 0. The Morgan fingerprint density at radius 3 is 2.73 bits per heavy atom. The van der Waals surface area contributed by atoms with Crippen LogP contribution in [0.4, 0.5) is 5.82 Å². The number of anilines is 1. The summed E-state index contributed by atoms with van der Waals surface area (Å²) in [5.41, 5.74) is 0.777. The summed E-state index contributed by atoms with van der Waals surface area (Å²) in [5.74, 6) is 0.340. The molecule has 0 radical (unpaired) electrons. The summed E-state index contributed by atoms with van der Waals surface area (Å²) in [6, 6.07) is 7.47. The highest BCUT2D eigenvalue weighted by atomic mass is 16.5. The maximum absolute atomic E-state index is 11.3. The van der Waals surface area contributed by atoms with Crippen LogP contribution >= 0.6 is 0 Å². The van der Waals surface area contributed by atoms with Crippen LogP contribution in [0.15, 0.2) is 30.5 Å². The molecule has 0 aliphatic heterocycles. The molecule has 6 nitrogen and oxygen atoms in total. The van der Waals surface area contributed by atoms with Crippen LogP contribution in [0.3, 0.4) is 0 Å². The van der Waals surface area contributed by atoms with Crippen LogP contribution in [0.1, 0.15) is 31.1 Å². The zero-order chi connectivity index (χ0) is 16.1. The number of para-hydroxylation sites is 1. The van der Waals surface area contributed by atoms with E-state index in [0.717, 1.165) is 5.56 Å². The molecule has 116 valence electrons. The van der Waals surface area contributed by atoms with Gasteiger partial charge in [-0.05, 0) is 32.9 Å². The van der Waals surface area contributed by atoms with Gasteiger partial charge in [0.05, 0.1) is 12.2 Å². The second-order valence-electron chi connectivity index (χ2n) is 4.99. The second kappa shape index (κ2) is 6.89. The fourth-order valence-electron chi connectivity index (χ4n) is 1.98. The van der Waals surface area contributed by atoms with Gasteiger partial charge < -0.3 is 15.2 Å². The summed E-state index contributed by atoms with van der Waals surface area (Å²) < 4.78 is 5.57. The van der Waals surface area contributed by atoms with E-state index in [1.807, 2.05) is 45.0 Å². The second-order valence-corrected chi connectivity index (χ2v) is 4.99. The van der Waals surface area contributed by atoms with Gasteiger partial charge in [0.2, 0.25) is 0 Å². The van der Waals surface area contributed by atoms with E-state index in [9.17, 15) is 9.90 Å². The van der Waals surface area contributed by atoms with Crippen molar-refractivity contribution in [2.24, 2.45) is 0 Å². The summed E-state index contributed by atoms with van der Waals surface area (Å²) in [6.07, 6.45) is 1.32. The van der Waals surface area contributed by atoms with Gasteiger partial charge in [0.25, 0.3) is 0 Å². The number of hydrogen-bond donors (Lipinski definition) is 2. The van der Waals surface area contributed by atoms with Crippen molar-refractivity contribution < 1.29 is 14.6 Å². The molecular formula is C16H19N3O3. The molecular weight excluding hydrogens is 282 g/mol. The van der Waals surface area contributed by atoms with E-state index in [1.165, 1.54) is 6.20 Å². The molecule has 0 fully saturated rings. The molecule has 1 aromatic carbocycles. The van der Waals surface area contributed by atoms with E-state index >= 15 is 0 Å². The van der Waals surface area contributed by atoms with Gasteiger partial charge in [-0.1, -0.05) is 12.1 Å². The normalized spacial score (nSPS) is 10.5. The molecule has 2 aromatic rings. The van der Waals surface area contributed by atoms with Crippen molar-refractivity contribution in [1.29, 1.82) is 0 Å². The Hall–Kier alpha value is -2.63. The Morgan fingerprint density at radius 2 is 2.09 bits per heavy atom. The molecule has 0 aliphatic rings. The van der Waals surface area contributed by atoms with Crippen LogP contribution in [-0.4, -0.2) is 33.7 Å². The van der Waals surface area contributed by atoms with Gasteiger partial charge >= 0.3 is 5.97 Å². The standard InChI is InChI=1S/C16H19N3O3/c1-4-22-13-8-6-5-7-11(13)14-17-9-12(16(20)21)15(19-14)18-10(2)3/h5-10H,4H2,1-3H3,(H,20,21)(H,17,18,19). The lowest BCUT2D eigenvalue weighted by Crippen LogP contribution is -2.16. The number of nitrogens with zero attached hydrogens (tertiary/aromatic N) is 2. The van der Waals surface area contributed by atoms with Crippen LogP contribution in [-0.2, 0) is 0 Å². The highest BCUT2D eigenvalue weighted by Crippen LogP contribution is 2.28. The molecule has 0 amide bonds. The first-order chi connectivity index (χ1) is 10.5. The fraction of sp³-hybridized carbons (Fsp3) is 0.312. The average molecular weight is 301 g/mol. The van der Waals surface area contributed by atoms with E-state index in [1.54, 1.807) is 0 Å². The summed E-state index contributed by atoms with van der Waals surface area (Å²) in [6.45, 7) is 6.27. The largest absolute Gasteiger partial charge is 0.493 e. The number of carboxylic acid groups (broad SMARTS) is 1. The van der Waals surface area contributed by atoms with Gasteiger partial charge in [0, 0.05) is 12.2 Å². The van der Waals surface area contributed by atoms with Gasteiger partial charge in [0.15, 0.2) is 5.82 Å². The van der Waals surface area contributed by atoms with Crippen molar-refractivity contribution >= 4 is 11.8 Å². The van der Waals surface area contributed by atoms with Gasteiger partial charge in [-0.25, -0.2) is 14.8 Å². The topological polar surface area (TPSA) is 84.3 Å². The van der Waals surface area contributed by atoms with E-state index in [4.69, 9.17) is 4.74 Å². The Bertz CT molecular complexity index is 671. The van der Waals surface area contributed by atoms with Gasteiger partial charge in [0.1, 0.15) is 17.1 Å². The molecule has 6 heteroatoms. The average Bonchev–Trinajstić information content (AvgIpc) is 2.47.